The zero-order valence-electron chi connectivity index (χ0n) is 11.6. The molecule has 0 saturated heterocycles. The van der Waals surface area contributed by atoms with Gasteiger partial charge in [-0.1, -0.05) is 0 Å². The highest BCUT2D eigenvalue weighted by atomic mass is 16.6. The van der Waals surface area contributed by atoms with E-state index in [2.05, 4.69) is 5.32 Å². The molecule has 0 heterocycles. The monoisotopic (exact) mass is 294 g/mol. The molecule has 1 aliphatic rings. The molecular weight excluding hydrogens is 276 g/mol. The van der Waals surface area contributed by atoms with E-state index in [1.807, 2.05) is 0 Å². The SMILES string of the molecule is O=C(O)c1ccc(NCCCOCC2CC2)c([N+](=O)[O-])c1. The van der Waals surface area contributed by atoms with Gasteiger partial charge in [0, 0.05) is 25.8 Å². The fourth-order valence-corrected chi connectivity index (χ4v) is 1.90. The molecule has 7 nitrogen and oxygen atoms in total. The molecule has 0 radical (unpaired) electrons. The molecular formula is C14H18N2O5. The molecule has 0 unspecified atom stereocenters. The number of carbonyl (C=O) groups is 1. The Morgan fingerprint density at radius 2 is 2.24 bits per heavy atom. The predicted molar refractivity (Wildman–Crippen MR) is 76.7 cm³/mol. The van der Waals surface area contributed by atoms with E-state index in [1.165, 1.54) is 25.0 Å². The second kappa shape index (κ2) is 7.03. The number of aromatic carboxylic acids is 1. The first-order valence-electron chi connectivity index (χ1n) is 6.91. The van der Waals surface area contributed by atoms with Crippen molar-refractivity contribution in [1.29, 1.82) is 0 Å². The van der Waals surface area contributed by atoms with Crippen molar-refractivity contribution in [3.8, 4) is 0 Å². The number of nitrogens with one attached hydrogen (secondary N) is 1. The lowest BCUT2D eigenvalue weighted by Gasteiger charge is -2.08. The summed E-state index contributed by atoms with van der Waals surface area (Å²) in [5.41, 5.74) is 0.000934. The van der Waals surface area contributed by atoms with Crippen molar-refractivity contribution in [2.45, 2.75) is 19.3 Å². The van der Waals surface area contributed by atoms with Crippen LogP contribution in [0.1, 0.15) is 29.6 Å². The fraction of sp³-hybridized carbons (Fsp3) is 0.500. The van der Waals surface area contributed by atoms with E-state index in [9.17, 15) is 14.9 Å². The van der Waals surface area contributed by atoms with Gasteiger partial charge in [0.05, 0.1) is 10.5 Å². The van der Waals surface area contributed by atoms with Gasteiger partial charge in [0.25, 0.3) is 5.69 Å². The van der Waals surface area contributed by atoms with Gasteiger partial charge in [-0.15, -0.1) is 0 Å². The zero-order valence-corrected chi connectivity index (χ0v) is 11.6. The molecule has 7 heteroatoms. The second-order valence-corrected chi connectivity index (χ2v) is 5.09. The Morgan fingerprint density at radius 1 is 1.48 bits per heavy atom. The average molecular weight is 294 g/mol. The zero-order chi connectivity index (χ0) is 15.2. The standard InChI is InChI=1S/C14H18N2O5/c17-14(18)11-4-5-12(13(8-11)16(19)20)15-6-1-7-21-9-10-2-3-10/h4-5,8,10,15H,1-3,6-7,9H2,(H,17,18). The third kappa shape index (κ3) is 4.71. The molecule has 0 amide bonds. The summed E-state index contributed by atoms with van der Waals surface area (Å²) in [7, 11) is 0. The van der Waals surface area contributed by atoms with E-state index in [4.69, 9.17) is 9.84 Å². The molecule has 0 atom stereocenters. The number of nitrogens with zero attached hydrogens (tertiary/aromatic N) is 1. The van der Waals surface area contributed by atoms with E-state index in [0.29, 0.717) is 18.8 Å². The number of ether oxygens (including phenoxy) is 1. The van der Waals surface area contributed by atoms with Crippen LogP contribution in [0.2, 0.25) is 0 Å². The lowest BCUT2D eigenvalue weighted by atomic mass is 10.1. The van der Waals surface area contributed by atoms with Gasteiger partial charge in [-0.2, -0.15) is 0 Å². The Bertz CT molecular complexity index is 528. The van der Waals surface area contributed by atoms with Crippen molar-refractivity contribution in [3.05, 3.63) is 33.9 Å². The minimum absolute atomic E-state index is 0.0972. The van der Waals surface area contributed by atoms with Crippen molar-refractivity contribution < 1.29 is 19.6 Å². The number of benzene rings is 1. The summed E-state index contributed by atoms with van der Waals surface area (Å²) >= 11 is 0. The summed E-state index contributed by atoms with van der Waals surface area (Å²) in [6.45, 7) is 1.95. The van der Waals surface area contributed by atoms with Gasteiger partial charge in [0.1, 0.15) is 5.69 Å². The smallest absolute Gasteiger partial charge is 0.335 e. The van der Waals surface area contributed by atoms with Crippen LogP contribution in [-0.4, -0.2) is 35.8 Å². The number of nitro benzene ring substituents is 1. The van der Waals surface area contributed by atoms with Gasteiger partial charge in [-0.3, -0.25) is 10.1 Å². The summed E-state index contributed by atoms with van der Waals surface area (Å²) in [6, 6.07) is 3.84. The maximum Gasteiger partial charge on any atom is 0.335 e. The van der Waals surface area contributed by atoms with Crippen LogP contribution < -0.4 is 5.32 Å². The van der Waals surface area contributed by atoms with Crippen molar-refractivity contribution in [1.82, 2.24) is 0 Å². The number of carboxylic acids is 1. The van der Waals surface area contributed by atoms with Crippen LogP contribution in [-0.2, 0) is 4.74 Å². The van der Waals surface area contributed by atoms with Crippen LogP contribution in [0.5, 0.6) is 0 Å². The van der Waals surface area contributed by atoms with Gasteiger partial charge in [-0.05, 0) is 37.3 Å². The van der Waals surface area contributed by atoms with E-state index >= 15 is 0 Å². The molecule has 0 aliphatic heterocycles. The van der Waals surface area contributed by atoms with Crippen molar-refractivity contribution in [2.24, 2.45) is 5.92 Å². The Balaban J connectivity index is 1.83. The molecule has 114 valence electrons. The third-order valence-electron chi connectivity index (χ3n) is 3.27. The summed E-state index contributed by atoms with van der Waals surface area (Å²) in [5.74, 6) is -0.458. The number of anilines is 1. The van der Waals surface area contributed by atoms with E-state index < -0.39 is 10.9 Å². The first kappa shape index (κ1) is 15.2. The highest BCUT2D eigenvalue weighted by Gasteiger charge is 2.21. The maximum atomic E-state index is 11.0. The van der Waals surface area contributed by atoms with Crippen LogP contribution in [0.3, 0.4) is 0 Å². The highest BCUT2D eigenvalue weighted by Crippen LogP contribution is 2.29. The molecule has 1 aromatic rings. The van der Waals surface area contributed by atoms with E-state index in [0.717, 1.165) is 25.0 Å². The van der Waals surface area contributed by atoms with E-state index in [-0.39, 0.29) is 11.3 Å². The highest BCUT2D eigenvalue weighted by molar-refractivity contribution is 5.89. The third-order valence-corrected chi connectivity index (χ3v) is 3.27. The summed E-state index contributed by atoms with van der Waals surface area (Å²) in [4.78, 5) is 21.2. The van der Waals surface area contributed by atoms with Gasteiger partial charge < -0.3 is 15.2 Å². The van der Waals surface area contributed by atoms with Crippen LogP contribution in [0, 0.1) is 16.0 Å². The Morgan fingerprint density at radius 3 is 2.86 bits per heavy atom. The van der Waals surface area contributed by atoms with Gasteiger partial charge in [0.2, 0.25) is 0 Å². The molecule has 1 aliphatic carbocycles. The van der Waals surface area contributed by atoms with Crippen molar-refractivity contribution in [3.63, 3.8) is 0 Å². The first-order valence-corrected chi connectivity index (χ1v) is 6.91. The van der Waals surface area contributed by atoms with Crippen molar-refractivity contribution >= 4 is 17.3 Å². The summed E-state index contributed by atoms with van der Waals surface area (Å²) < 4.78 is 5.47. The van der Waals surface area contributed by atoms with Crippen LogP contribution in [0.15, 0.2) is 18.2 Å². The van der Waals surface area contributed by atoms with Gasteiger partial charge in [0.15, 0.2) is 0 Å². The van der Waals surface area contributed by atoms with Gasteiger partial charge >= 0.3 is 5.97 Å². The second-order valence-electron chi connectivity index (χ2n) is 5.09. The van der Waals surface area contributed by atoms with Crippen LogP contribution in [0.4, 0.5) is 11.4 Å². The van der Waals surface area contributed by atoms with Gasteiger partial charge in [-0.25, -0.2) is 4.79 Å². The van der Waals surface area contributed by atoms with Crippen LogP contribution in [0.25, 0.3) is 0 Å². The maximum absolute atomic E-state index is 11.0. The minimum atomic E-state index is -1.18. The van der Waals surface area contributed by atoms with Crippen LogP contribution >= 0.6 is 0 Å². The number of hydrogen-bond acceptors (Lipinski definition) is 5. The molecule has 2 rings (SSSR count). The molecule has 1 aromatic carbocycles. The quantitative estimate of drug-likeness (QED) is 0.412. The number of nitro groups is 1. The first-order chi connectivity index (χ1) is 10.1. The number of hydrogen-bond donors (Lipinski definition) is 2. The lowest BCUT2D eigenvalue weighted by molar-refractivity contribution is -0.384. The molecule has 2 N–H and O–H groups in total. The Labute approximate surface area is 122 Å². The molecule has 0 aromatic heterocycles. The summed E-state index contributed by atoms with van der Waals surface area (Å²) in [6.07, 6.45) is 3.24. The molecule has 1 fully saturated rings. The largest absolute Gasteiger partial charge is 0.478 e. The van der Waals surface area contributed by atoms with Crippen molar-refractivity contribution in [2.75, 3.05) is 25.1 Å². The Kier molecular flexibility index (Phi) is 5.10. The number of rotatable bonds is 9. The summed E-state index contributed by atoms with van der Waals surface area (Å²) in [5, 5.41) is 22.8. The predicted octanol–water partition coefficient (Wildman–Crippen LogP) is 2.52. The molecule has 0 bridgehead atoms. The lowest BCUT2D eigenvalue weighted by Crippen LogP contribution is -2.09. The fourth-order valence-electron chi connectivity index (χ4n) is 1.90. The molecule has 1 saturated carbocycles. The molecule has 21 heavy (non-hydrogen) atoms. The minimum Gasteiger partial charge on any atom is -0.478 e. The normalized spacial score (nSPS) is 13.9. The topological polar surface area (TPSA) is 102 Å². The van der Waals surface area contributed by atoms with E-state index in [1.54, 1.807) is 0 Å². The average Bonchev–Trinajstić information content (AvgIpc) is 3.26. The number of carboxylic acid groups (broad SMARTS) is 1. The molecule has 0 spiro atoms. The Hall–Kier alpha value is -2.15.